The van der Waals surface area contributed by atoms with Crippen molar-refractivity contribution in [2.75, 3.05) is 39.0 Å². The van der Waals surface area contributed by atoms with E-state index < -0.39 is 0 Å². The zero-order valence-corrected chi connectivity index (χ0v) is 11.5. The first kappa shape index (κ1) is 13.3. The lowest BCUT2D eigenvalue weighted by Crippen LogP contribution is -2.51. The fourth-order valence-electron chi connectivity index (χ4n) is 2.10. The van der Waals surface area contributed by atoms with Gasteiger partial charge in [-0.25, -0.2) is 0 Å². The van der Waals surface area contributed by atoms with Crippen LogP contribution in [-0.4, -0.2) is 54.8 Å². The monoisotopic (exact) mass is 230 g/mol. The van der Waals surface area contributed by atoms with E-state index in [4.69, 9.17) is 0 Å². The Kier molecular flexibility index (Phi) is 5.44. The van der Waals surface area contributed by atoms with E-state index in [1.54, 1.807) is 0 Å². The van der Waals surface area contributed by atoms with Crippen LogP contribution in [-0.2, 0) is 0 Å². The fourth-order valence-corrected chi connectivity index (χ4v) is 2.64. The number of thiol groups is 1. The predicted octanol–water partition coefficient (Wildman–Crippen LogP) is 1.82. The minimum atomic E-state index is 0.700. The summed E-state index contributed by atoms with van der Waals surface area (Å²) in [7, 11) is 2.22. The van der Waals surface area contributed by atoms with E-state index in [9.17, 15) is 0 Å². The van der Waals surface area contributed by atoms with Crippen molar-refractivity contribution in [3.8, 4) is 0 Å². The van der Waals surface area contributed by atoms with E-state index in [2.05, 4.69) is 50.2 Å². The van der Waals surface area contributed by atoms with Crippen LogP contribution in [0.3, 0.4) is 0 Å². The molecule has 1 rings (SSSR count). The molecule has 0 spiro atoms. The van der Waals surface area contributed by atoms with Crippen LogP contribution < -0.4 is 0 Å². The highest BCUT2D eigenvalue weighted by molar-refractivity contribution is 7.80. The molecule has 0 amide bonds. The zero-order valence-electron chi connectivity index (χ0n) is 10.6. The van der Waals surface area contributed by atoms with Crippen molar-refractivity contribution < 1.29 is 0 Å². The lowest BCUT2D eigenvalue weighted by atomic mass is 9.96. The maximum absolute atomic E-state index is 4.46. The van der Waals surface area contributed by atoms with E-state index in [-0.39, 0.29) is 0 Å². The van der Waals surface area contributed by atoms with Crippen molar-refractivity contribution in [3.63, 3.8) is 0 Å². The molecule has 90 valence electrons. The molecule has 0 bridgehead atoms. The highest BCUT2D eigenvalue weighted by Crippen LogP contribution is 2.16. The van der Waals surface area contributed by atoms with Gasteiger partial charge in [0, 0.05) is 32.2 Å². The normalized spacial score (nSPS) is 27.2. The molecular formula is C12H26N2S. The summed E-state index contributed by atoms with van der Waals surface area (Å²) in [5.41, 5.74) is 0. The van der Waals surface area contributed by atoms with Crippen LogP contribution in [0.15, 0.2) is 0 Å². The second-order valence-corrected chi connectivity index (χ2v) is 5.64. The summed E-state index contributed by atoms with van der Waals surface area (Å²) < 4.78 is 0. The number of hydrogen-bond donors (Lipinski definition) is 1. The van der Waals surface area contributed by atoms with Crippen molar-refractivity contribution in [2.24, 2.45) is 11.8 Å². The van der Waals surface area contributed by atoms with E-state index >= 15 is 0 Å². The minimum Gasteiger partial charge on any atom is -0.301 e. The molecule has 0 aromatic carbocycles. The van der Waals surface area contributed by atoms with Gasteiger partial charge in [-0.15, -0.1) is 0 Å². The van der Waals surface area contributed by atoms with Crippen molar-refractivity contribution in [1.29, 1.82) is 0 Å². The van der Waals surface area contributed by atoms with Gasteiger partial charge in [-0.2, -0.15) is 12.6 Å². The average Bonchev–Trinajstić information content (AvgIpc) is 2.19. The van der Waals surface area contributed by atoms with Gasteiger partial charge in [-0.05, 0) is 31.6 Å². The van der Waals surface area contributed by atoms with Crippen molar-refractivity contribution >= 4 is 12.6 Å². The molecule has 1 aliphatic heterocycles. The van der Waals surface area contributed by atoms with Gasteiger partial charge >= 0.3 is 0 Å². The molecule has 1 aliphatic rings. The third-order valence-corrected chi connectivity index (χ3v) is 4.18. The maximum atomic E-state index is 4.46. The van der Waals surface area contributed by atoms with Crippen LogP contribution in [0.25, 0.3) is 0 Å². The molecule has 0 N–H and O–H groups in total. The molecule has 3 heteroatoms. The third-order valence-electron chi connectivity index (χ3n) is 3.71. The molecule has 1 heterocycles. The van der Waals surface area contributed by atoms with Crippen molar-refractivity contribution in [2.45, 2.75) is 26.8 Å². The summed E-state index contributed by atoms with van der Waals surface area (Å²) in [5, 5.41) is 0. The molecule has 0 saturated carbocycles. The molecule has 1 saturated heterocycles. The van der Waals surface area contributed by atoms with Gasteiger partial charge in [0.25, 0.3) is 0 Å². The number of nitrogens with zero attached hydrogens (tertiary/aromatic N) is 2. The fraction of sp³-hybridized carbons (Fsp3) is 1.00. The Morgan fingerprint density at radius 1 is 1.33 bits per heavy atom. The number of hydrogen-bond acceptors (Lipinski definition) is 3. The second kappa shape index (κ2) is 6.12. The second-order valence-electron chi connectivity index (χ2n) is 5.28. The van der Waals surface area contributed by atoms with Gasteiger partial charge in [0.2, 0.25) is 0 Å². The number of likely N-dealkylation sites (N-methyl/N-ethyl adjacent to an activating group) is 1. The Balaban J connectivity index is 2.38. The Hall–Kier alpha value is 0.270. The van der Waals surface area contributed by atoms with Crippen LogP contribution in [0.1, 0.15) is 20.8 Å². The van der Waals surface area contributed by atoms with Crippen LogP contribution in [0.2, 0.25) is 0 Å². The van der Waals surface area contributed by atoms with E-state index in [1.165, 1.54) is 26.2 Å². The maximum Gasteiger partial charge on any atom is 0.0192 e. The van der Waals surface area contributed by atoms with Gasteiger partial charge < -0.3 is 9.80 Å². The predicted molar refractivity (Wildman–Crippen MR) is 70.7 cm³/mol. The van der Waals surface area contributed by atoms with Crippen LogP contribution in [0.4, 0.5) is 0 Å². The molecule has 0 aromatic rings. The first-order valence-electron chi connectivity index (χ1n) is 6.08. The molecule has 0 radical (unpaired) electrons. The van der Waals surface area contributed by atoms with E-state index in [1.807, 2.05) is 0 Å². The largest absolute Gasteiger partial charge is 0.301 e. The highest BCUT2D eigenvalue weighted by Gasteiger charge is 2.23. The Labute approximate surface area is 100 Å². The molecule has 1 fully saturated rings. The lowest BCUT2D eigenvalue weighted by Gasteiger charge is -2.39. The van der Waals surface area contributed by atoms with E-state index in [0.29, 0.717) is 6.04 Å². The number of piperazine rings is 1. The molecular weight excluding hydrogens is 204 g/mol. The Bertz CT molecular complexity index is 184. The number of rotatable bonds is 4. The smallest absolute Gasteiger partial charge is 0.0192 e. The topological polar surface area (TPSA) is 6.48 Å². The van der Waals surface area contributed by atoms with E-state index in [0.717, 1.165) is 17.6 Å². The zero-order chi connectivity index (χ0) is 11.4. The summed E-state index contributed by atoms with van der Waals surface area (Å²) in [4.78, 5) is 5.05. The van der Waals surface area contributed by atoms with Crippen LogP contribution >= 0.6 is 12.6 Å². The van der Waals surface area contributed by atoms with Gasteiger partial charge in [0.15, 0.2) is 0 Å². The summed E-state index contributed by atoms with van der Waals surface area (Å²) in [6.45, 7) is 11.8. The SMILES string of the molecule is CC(C)C(CS)CN1CCN(C)C(C)C1. The lowest BCUT2D eigenvalue weighted by molar-refractivity contribution is 0.0888. The molecule has 2 atom stereocenters. The molecule has 2 unspecified atom stereocenters. The highest BCUT2D eigenvalue weighted by atomic mass is 32.1. The van der Waals surface area contributed by atoms with Gasteiger partial charge in [0.05, 0.1) is 0 Å². The summed E-state index contributed by atoms with van der Waals surface area (Å²) in [6.07, 6.45) is 0. The summed E-state index contributed by atoms with van der Waals surface area (Å²) in [6, 6.07) is 0.700. The molecule has 2 nitrogen and oxygen atoms in total. The van der Waals surface area contributed by atoms with Crippen LogP contribution in [0, 0.1) is 11.8 Å². The summed E-state index contributed by atoms with van der Waals surface area (Å²) in [5.74, 6) is 2.50. The third kappa shape index (κ3) is 3.97. The molecule has 0 aliphatic carbocycles. The van der Waals surface area contributed by atoms with Gasteiger partial charge in [-0.1, -0.05) is 13.8 Å². The van der Waals surface area contributed by atoms with Crippen LogP contribution in [0.5, 0.6) is 0 Å². The van der Waals surface area contributed by atoms with Crippen molar-refractivity contribution in [3.05, 3.63) is 0 Å². The Morgan fingerprint density at radius 3 is 2.47 bits per heavy atom. The Morgan fingerprint density at radius 2 is 2.00 bits per heavy atom. The van der Waals surface area contributed by atoms with Gasteiger partial charge in [0.1, 0.15) is 0 Å². The summed E-state index contributed by atoms with van der Waals surface area (Å²) >= 11 is 4.46. The molecule has 15 heavy (non-hydrogen) atoms. The standard InChI is InChI=1S/C12H26N2S/c1-10(2)12(9-15)8-14-6-5-13(4)11(3)7-14/h10-12,15H,5-9H2,1-4H3. The molecule has 0 aromatic heterocycles. The first-order chi connectivity index (χ1) is 7.04. The van der Waals surface area contributed by atoms with Crippen molar-refractivity contribution in [1.82, 2.24) is 9.80 Å². The first-order valence-corrected chi connectivity index (χ1v) is 6.71. The minimum absolute atomic E-state index is 0.700. The average molecular weight is 230 g/mol. The quantitative estimate of drug-likeness (QED) is 0.736. The van der Waals surface area contributed by atoms with Gasteiger partial charge in [-0.3, -0.25) is 0 Å².